The van der Waals surface area contributed by atoms with Gasteiger partial charge in [0.15, 0.2) is 0 Å². The van der Waals surface area contributed by atoms with Gasteiger partial charge in [-0.25, -0.2) is 4.98 Å². The number of para-hydroxylation sites is 1. The van der Waals surface area contributed by atoms with Crippen molar-refractivity contribution in [3.8, 4) is 0 Å². The molecule has 0 radical (unpaired) electrons. The van der Waals surface area contributed by atoms with E-state index in [1.807, 2.05) is 25.1 Å². The average Bonchev–Trinajstić information content (AvgIpc) is 3.65. The van der Waals surface area contributed by atoms with E-state index >= 15 is 0 Å². The minimum atomic E-state index is 0.441. The highest BCUT2D eigenvalue weighted by molar-refractivity contribution is 6.31. The molecule has 1 fully saturated rings. The van der Waals surface area contributed by atoms with Gasteiger partial charge < -0.3 is 16.0 Å². The predicted molar refractivity (Wildman–Crippen MR) is 135 cm³/mol. The highest BCUT2D eigenvalue weighted by Gasteiger charge is 2.30. The van der Waals surface area contributed by atoms with Gasteiger partial charge in [-0.2, -0.15) is 4.98 Å². The van der Waals surface area contributed by atoms with Crippen molar-refractivity contribution in [2.24, 2.45) is 5.92 Å². The smallest absolute Gasteiger partial charge is 0.229 e. The highest BCUT2D eigenvalue weighted by atomic mass is 35.5. The lowest BCUT2D eigenvalue weighted by Crippen LogP contribution is -2.22. The number of halogens is 1. The molecule has 1 saturated carbocycles. The van der Waals surface area contributed by atoms with Crippen LogP contribution in [-0.2, 0) is 0 Å². The van der Waals surface area contributed by atoms with E-state index in [0.717, 1.165) is 64.8 Å². The number of benzene rings is 2. The third-order valence-corrected chi connectivity index (χ3v) is 6.92. The first-order chi connectivity index (χ1) is 15.6. The zero-order chi connectivity index (χ0) is 22.1. The lowest BCUT2D eigenvalue weighted by molar-refractivity contribution is 0.615. The van der Waals surface area contributed by atoms with Crippen molar-refractivity contribution in [3.63, 3.8) is 0 Å². The highest BCUT2D eigenvalue weighted by Crippen LogP contribution is 2.37. The predicted octanol–water partition coefficient (Wildman–Crippen LogP) is 6.31. The van der Waals surface area contributed by atoms with Gasteiger partial charge in [-0.3, -0.25) is 0 Å². The van der Waals surface area contributed by atoms with E-state index < -0.39 is 0 Å². The number of anilines is 3. The molecular formula is C26H30ClN5. The molecule has 1 aliphatic carbocycles. The zero-order valence-corrected chi connectivity index (χ0v) is 19.5. The molecule has 1 aromatic heterocycles. The fourth-order valence-electron chi connectivity index (χ4n) is 4.47. The van der Waals surface area contributed by atoms with Gasteiger partial charge in [0.25, 0.3) is 0 Å². The summed E-state index contributed by atoms with van der Waals surface area (Å²) in [7, 11) is 0. The molecule has 1 atom stereocenters. The number of aromatic nitrogens is 2. The summed E-state index contributed by atoms with van der Waals surface area (Å²) in [5.41, 5.74) is 5.47. The number of hydrogen-bond acceptors (Lipinski definition) is 5. The quantitative estimate of drug-likeness (QED) is 0.396. The molecule has 3 aromatic rings. The van der Waals surface area contributed by atoms with Crippen LogP contribution in [0, 0.1) is 12.8 Å². The van der Waals surface area contributed by atoms with Crippen molar-refractivity contribution in [2.75, 3.05) is 23.7 Å². The molecule has 0 bridgehead atoms. The van der Waals surface area contributed by atoms with Crippen LogP contribution in [-0.4, -0.2) is 29.1 Å². The summed E-state index contributed by atoms with van der Waals surface area (Å²) in [6.07, 6.45) is 6.96. The van der Waals surface area contributed by atoms with Gasteiger partial charge in [0.1, 0.15) is 5.82 Å². The van der Waals surface area contributed by atoms with Gasteiger partial charge in [-0.1, -0.05) is 42.8 Å². The number of aryl methyl sites for hydroxylation is 1. The van der Waals surface area contributed by atoms with Crippen LogP contribution in [0.15, 0.2) is 42.5 Å². The monoisotopic (exact) mass is 447 g/mol. The molecule has 1 aliphatic heterocycles. The summed E-state index contributed by atoms with van der Waals surface area (Å²) in [4.78, 5) is 9.91. The second-order valence-corrected chi connectivity index (χ2v) is 9.27. The normalized spacial score (nSPS) is 17.2. The molecule has 0 unspecified atom stereocenters. The van der Waals surface area contributed by atoms with E-state index in [4.69, 9.17) is 21.6 Å². The zero-order valence-electron chi connectivity index (χ0n) is 18.7. The van der Waals surface area contributed by atoms with Crippen molar-refractivity contribution in [3.05, 3.63) is 58.6 Å². The molecule has 2 aliphatic rings. The fraction of sp³-hybridized carbons (Fsp3) is 0.385. The molecule has 5 rings (SSSR count). The SMILES string of the molecule is CC[C@@H](Nc1nc(Nc2ccc(C)c(Cl)c2)nc2c(C3=CCNCC3)cccc12)C1CC1. The second kappa shape index (κ2) is 9.08. The minimum Gasteiger partial charge on any atom is -0.366 e. The maximum atomic E-state index is 6.36. The standard InChI is InChI=1S/C26H30ClN5/c1-3-23(18-8-9-18)30-25-21-6-4-5-20(17-11-13-28-14-12-17)24(21)31-26(32-25)29-19-10-7-16(2)22(27)15-19/h4-7,10-11,15,18,23,28H,3,8-9,12-14H2,1-2H3,(H2,29,30,31,32)/t23-/m1/s1. The van der Waals surface area contributed by atoms with Crippen LogP contribution >= 0.6 is 11.6 Å². The first-order valence-corrected chi connectivity index (χ1v) is 12.0. The fourth-order valence-corrected chi connectivity index (χ4v) is 4.65. The van der Waals surface area contributed by atoms with Crippen LogP contribution in [0.5, 0.6) is 0 Å². The summed E-state index contributed by atoms with van der Waals surface area (Å²) in [6.45, 7) is 6.14. The van der Waals surface area contributed by atoms with Crippen LogP contribution < -0.4 is 16.0 Å². The largest absolute Gasteiger partial charge is 0.366 e. The Kier molecular flexibility index (Phi) is 6.03. The minimum absolute atomic E-state index is 0.441. The van der Waals surface area contributed by atoms with E-state index in [1.54, 1.807) is 0 Å². The summed E-state index contributed by atoms with van der Waals surface area (Å²) < 4.78 is 0. The van der Waals surface area contributed by atoms with Crippen molar-refractivity contribution < 1.29 is 0 Å². The molecule has 5 nitrogen and oxygen atoms in total. The molecular weight excluding hydrogens is 418 g/mol. The Labute approximate surface area is 194 Å². The molecule has 2 heterocycles. The van der Waals surface area contributed by atoms with Crippen LogP contribution in [0.2, 0.25) is 5.02 Å². The summed E-state index contributed by atoms with van der Waals surface area (Å²) >= 11 is 6.36. The number of nitrogens with zero attached hydrogens (tertiary/aromatic N) is 2. The van der Waals surface area contributed by atoms with Crippen molar-refractivity contribution in [1.29, 1.82) is 0 Å². The Hall–Kier alpha value is -2.63. The van der Waals surface area contributed by atoms with Gasteiger partial charge >= 0.3 is 0 Å². The molecule has 2 aromatic carbocycles. The topological polar surface area (TPSA) is 61.9 Å². The molecule has 6 heteroatoms. The van der Waals surface area contributed by atoms with E-state index in [1.165, 1.54) is 24.0 Å². The van der Waals surface area contributed by atoms with Crippen LogP contribution in [0.3, 0.4) is 0 Å². The summed E-state index contributed by atoms with van der Waals surface area (Å²) in [6, 6.07) is 12.8. The van der Waals surface area contributed by atoms with E-state index in [-0.39, 0.29) is 0 Å². The van der Waals surface area contributed by atoms with Gasteiger partial charge in [0, 0.05) is 34.2 Å². The Bertz CT molecular complexity index is 1170. The first-order valence-electron chi connectivity index (χ1n) is 11.6. The molecule has 0 spiro atoms. The first kappa shape index (κ1) is 21.2. The Morgan fingerprint density at radius 1 is 1.19 bits per heavy atom. The third-order valence-electron chi connectivity index (χ3n) is 6.52. The van der Waals surface area contributed by atoms with Gasteiger partial charge in [0.2, 0.25) is 5.95 Å². The molecule has 0 saturated heterocycles. The summed E-state index contributed by atoms with van der Waals surface area (Å²) in [5, 5.41) is 12.4. The van der Waals surface area contributed by atoms with Crippen molar-refractivity contribution >= 4 is 45.5 Å². The maximum Gasteiger partial charge on any atom is 0.229 e. The Morgan fingerprint density at radius 2 is 2.06 bits per heavy atom. The van der Waals surface area contributed by atoms with Crippen molar-refractivity contribution in [1.82, 2.24) is 15.3 Å². The van der Waals surface area contributed by atoms with Crippen molar-refractivity contribution in [2.45, 2.75) is 45.6 Å². The molecule has 3 N–H and O–H groups in total. The summed E-state index contributed by atoms with van der Waals surface area (Å²) in [5.74, 6) is 2.24. The van der Waals surface area contributed by atoms with E-state index in [0.29, 0.717) is 12.0 Å². The number of fused-ring (bicyclic) bond motifs is 1. The lowest BCUT2D eigenvalue weighted by Gasteiger charge is -2.21. The third kappa shape index (κ3) is 4.45. The van der Waals surface area contributed by atoms with E-state index in [2.05, 4.69) is 47.1 Å². The second-order valence-electron chi connectivity index (χ2n) is 8.87. The maximum absolute atomic E-state index is 6.36. The van der Waals surface area contributed by atoms with Crippen LogP contribution in [0.4, 0.5) is 17.5 Å². The van der Waals surface area contributed by atoms with E-state index in [9.17, 15) is 0 Å². The van der Waals surface area contributed by atoms with Crippen LogP contribution in [0.1, 0.15) is 43.7 Å². The average molecular weight is 448 g/mol. The number of nitrogens with one attached hydrogen (secondary N) is 3. The van der Waals surface area contributed by atoms with Gasteiger partial charge in [-0.15, -0.1) is 0 Å². The number of hydrogen-bond donors (Lipinski definition) is 3. The molecule has 0 amide bonds. The molecule has 166 valence electrons. The Morgan fingerprint density at radius 3 is 2.78 bits per heavy atom. The molecule has 32 heavy (non-hydrogen) atoms. The lowest BCUT2D eigenvalue weighted by atomic mass is 9.97. The van der Waals surface area contributed by atoms with Gasteiger partial charge in [-0.05, 0) is 74.4 Å². The number of rotatable bonds is 7. The van der Waals surface area contributed by atoms with Crippen LogP contribution in [0.25, 0.3) is 16.5 Å². The Balaban J connectivity index is 1.60. The van der Waals surface area contributed by atoms with Gasteiger partial charge in [0.05, 0.1) is 5.52 Å².